The van der Waals surface area contributed by atoms with Crippen molar-refractivity contribution in [3.05, 3.63) is 11.6 Å². The molecule has 0 aromatic carbocycles. The zero-order valence-electron chi connectivity index (χ0n) is 22.7. The number of hydrogen-bond donors (Lipinski definition) is 4. The molecule has 5 rings (SSSR count). The van der Waals surface area contributed by atoms with Crippen LogP contribution < -0.4 is 0 Å². The highest BCUT2D eigenvalue weighted by Gasteiger charge is 2.70. The van der Waals surface area contributed by atoms with Crippen LogP contribution in [0.3, 0.4) is 0 Å². The summed E-state index contributed by atoms with van der Waals surface area (Å²) in [6.07, 6.45) is 7.51. The Morgan fingerprint density at radius 1 is 1.00 bits per heavy atom. The van der Waals surface area contributed by atoms with Crippen molar-refractivity contribution in [3.8, 4) is 0 Å². The second-order valence-corrected chi connectivity index (χ2v) is 14.5. The second-order valence-electron chi connectivity index (χ2n) is 14.5. The minimum absolute atomic E-state index is 0.00815. The van der Waals surface area contributed by atoms with Gasteiger partial charge in [0.2, 0.25) is 0 Å². The predicted molar refractivity (Wildman–Crippen MR) is 135 cm³/mol. The summed E-state index contributed by atoms with van der Waals surface area (Å²) in [5, 5.41) is 42.9. The summed E-state index contributed by atoms with van der Waals surface area (Å²) in [6.45, 7) is 13.6. The summed E-state index contributed by atoms with van der Waals surface area (Å²) in [7, 11) is 0. The van der Waals surface area contributed by atoms with Gasteiger partial charge in [0.1, 0.15) is 0 Å². The topological polar surface area (TPSA) is 98.0 Å². The van der Waals surface area contributed by atoms with E-state index in [2.05, 4.69) is 40.7 Å². The third-order valence-corrected chi connectivity index (χ3v) is 13.5. The molecule has 5 aliphatic carbocycles. The smallest absolute Gasteiger partial charge is 0.310 e. The summed E-state index contributed by atoms with van der Waals surface area (Å²) in [4.78, 5) is 12.8. The Labute approximate surface area is 211 Å². The van der Waals surface area contributed by atoms with E-state index >= 15 is 0 Å². The van der Waals surface area contributed by atoms with E-state index in [1.165, 1.54) is 5.57 Å². The molecule has 5 heteroatoms. The monoisotopic (exact) mass is 488 g/mol. The summed E-state index contributed by atoms with van der Waals surface area (Å²) in [6, 6.07) is 0. The molecule has 0 bridgehead atoms. The van der Waals surface area contributed by atoms with E-state index in [1.54, 1.807) is 0 Å². The Bertz CT molecular complexity index is 930. The van der Waals surface area contributed by atoms with E-state index in [4.69, 9.17) is 0 Å². The number of hydrogen-bond acceptors (Lipinski definition) is 4. The van der Waals surface area contributed by atoms with E-state index in [9.17, 15) is 25.2 Å². The van der Waals surface area contributed by atoms with Crippen molar-refractivity contribution in [1.82, 2.24) is 0 Å². The minimum atomic E-state index is -0.907. The number of carboxylic acid groups (broad SMARTS) is 1. The van der Waals surface area contributed by atoms with Crippen LogP contribution in [-0.4, -0.2) is 45.2 Å². The van der Waals surface area contributed by atoms with Crippen molar-refractivity contribution in [2.45, 2.75) is 105 Å². The molecule has 4 fully saturated rings. The van der Waals surface area contributed by atoms with E-state index in [0.29, 0.717) is 24.2 Å². The van der Waals surface area contributed by atoms with E-state index in [-0.39, 0.29) is 34.7 Å². The average molecular weight is 489 g/mol. The zero-order valence-corrected chi connectivity index (χ0v) is 22.7. The van der Waals surface area contributed by atoms with Crippen molar-refractivity contribution in [2.75, 3.05) is 6.61 Å². The molecule has 4 saturated carbocycles. The molecule has 0 saturated heterocycles. The van der Waals surface area contributed by atoms with E-state index in [1.807, 2.05) is 6.92 Å². The third-order valence-electron chi connectivity index (χ3n) is 13.5. The molecular formula is C30H48O5. The Kier molecular flexibility index (Phi) is 5.73. The average Bonchev–Trinajstić information content (AvgIpc) is 2.80. The van der Waals surface area contributed by atoms with Gasteiger partial charge in [-0.2, -0.15) is 0 Å². The minimum Gasteiger partial charge on any atom is -0.481 e. The molecule has 5 aliphatic rings. The number of allylic oxidation sites excluding steroid dienone is 2. The number of aliphatic hydroxyl groups is 3. The van der Waals surface area contributed by atoms with Crippen molar-refractivity contribution < 1.29 is 25.2 Å². The molecular weight excluding hydrogens is 440 g/mol. The number of aliphatic hydroxyl groups excluding tert-OH is 3. The standard InChI is InChI=1S/C30H48O5/c1-17-9-12-30(25(34)35)14-13-28(5)19(23(30)18(17)2)7-8-22-26(3)15-20(32)24(33)27(4,16-31)21(26)10-11-29(22,28)6/h7,17-18,20-24,31-33H,8-16H2,1-6H3,(H,34,35)/t17-,18+,20-,21-,22-,23-,24+,26+,27+,28-,29-,30+/m1/s1. The van der Waals surface area contributed by atoms with Gasteiger partial charge in [0.05, 0.1) is 24.2 Å². The Morgan fingerprint density at radius 2 is 1.69 bits per heavy atom. The van der Waals surface area contributed by atoms with Gasteiger partial charge in [0, 0.05) is 5.41 Å². The van der Waals surface area contributed by atoms with Gasteiger partial charge in [-0.05, 0) is 97.2 Å². The summed E-state index contributed by atoms with van der Waals surface area (Å²) in [5.41, 5.74) is -0.214. The van der Waals surface area contributed by atoms with Crippen LogP contribution in [0.2, 0.25) is 0 Å². The number of carboxylic acids is 1. The molecule has 0 aromatic heterocycles. The lowest BCUT2D eigenvalue weighted by Crippen LogP contribution is -2.68. The maximum atomic E-state index is 12.8. The summed E-state index contributed by atoms with van der Waals surface area (Å²) < 4.78 is 0. The molecule has 0 amide bonds. The first-order chi connectivity index (χ1) is 16.2. The summed E-state index contributed by atoms with van der Waals surface area (Å²) >= 11 is 0. The van der Waals surface area contributed by atoms with Gasteiger partial charge in [-0.15, -0.1) is 0 Å². The molecule has 0 spiro atoms. The van der Waals surface area contributed by atoms with Gasteiger partial charge in [-0.25, -0.2) is 0 Å². The van der Waals surface area contributed by atoms with Crippen molar-refractivity contribution >= 4 is 5.97 Å². The summed E-state index contributed by atoms with van der Waals surface area (Å²) in [5.74, 6) is 0.828. The molecule has 35 heavy (non-hydrogen) atoms. The van der Waals surface area contributed by atoms with Crippen LogP contribution in [0.15, 0.2) is 11.6 Å². The van der Waals surface area contributed by atoms with Crippen LogP contribution in [-0.2, 0) is 4.79 Å². The molecule has 0 aliphatic heterocycles. The van der Waals surface area contributed by atoms with Crippen LogP contribution in [0.5, 0.6) is 0 Å². The zero-order chi connectivity index (χ0) is 25.8. The van der Waals surface area contributed by atoms with Gasteiger partial charge in [-0.1, -0.05) is 53.2 Å². The molecule has 0 unspecified atom stereocenters. The Hall–Kier alpha value is -0.910. The molecule has 0 radical (unpaired) electrons. The lowest BCUT2D eigenvalue weighted by molar-refractivity contribution is -0.244. The first-order valence-electron chi connectivity index (χ1n) is 14.1. The number of aliphatic carboxylic acids is 1. The van der Waals surface area contributed by atoms with Crippen molar-refractivity contribution in [2.24, 2.45) is 56.7 Å². The fourth-order valence-electron chi connectivity index (χ4n) is 11.0. The normalized spacial score (nSPS) is 57.7. The molecule has 198 valence electrons. The highest BCUT2D eigenvalue weighted by atomic mass is 16.4. The third kappa shape index (κ3) is 2.95. The fourth-order valence-corrected chi connectivity index (χ4v) is 11.0. The maximum Gasteiger partial charge on any atom is 0.310 e. The van der Waals surface area contributed by atoms with Gasteiger partial charge in [0.15, 0.2) is 0 Å². The van der Waals surface area contributed by atoms with Crippen LogP contribution >= 0.6 is 0 Å². The first kappa shape index (κ1) is 25.7. The largest absolute Gasteiger partial charge is 0.481 e. The van der Waals surface area contributed by atoms with Crippen LogP contribution in [0.4, 0.5) is 0 Å². The Balaban J connectivity index is 1.62. The molecule has 12 atom stereocenters. The van der Waals surface area contributed by atoms with Gasteiger partial charge in [-0.3, -0.25) is 4.79 Å². The first-order valence-corrected chi connectivity index (χ1v) is 14.1. The van der Waals surface area contributed by atoms with Crippen LogP contribution in [0, 0.1) is 56.7 Å². The molecule has 5 nitrogen and oxygen atoms in total. The van der Waals surface area contributed by atoms with Gasteiger partial charge < -0.3 is 20.4 Å². The van der Waals surface area contributed by atoms with E-state index < -0.39 is 29.0 Å². The van der Waals surface area contributed by atoms with Crippen molar-refractivity contribution in [3.63, 3.8) is 0 Å². The number of fused-ring (bicyclic) bond motifs is 7. The SMILES string of the molecule is C[C@H]1[C@H](C)CC[C@]2(C(=O)O)CC[C@]3(C)C(=CC[C@@H]4[C@@]5(C)C[C@@H](O)[C@H](O)[C@@](C)(CO)[C@@H]5CC[C@]43C)[C@@H]12. The highest BCUT2D eigenvalue weighted by molar-refractivity contribution is 5.76. The number of rotatable bonds is 2. The molecule has 4 N–H and O–H groups in total. The highest BCUT2D eigenvalue weighted by Crippen LogP contribution is 2.75. The fraction of sp³-hybridized carbons (Fsp3) is 0.900. The Morgan fingerprint density at radius 3 is 2.31 bits per heavy atom. The maximum absolute atomic E-state index is 12.8. The van der Waals surface area contributed by atoms with Crippen LogP contribution in [0.25, 0.3) is 0 Å². The quantitative estimate of drug-likeness (QED) is 0.409. The second kappa shape index (κ2) is 7.80. The van der Waals surface area contributed by atoms with Crippen molar-refractivity contribution in [1.29, 1.82) is 0 Å². The predicted octanol–water partition coefficient (Wildman–Crippen LogP) is 5.03. The molecule has 0 aromatic rings. The van der Waals surface area contributed by atoms with E-state index in [0.717, 1.165) is 44.9 Å². The van der Waals surface area contributed by atoms with Gasteiger partial charge >= 0.3 is 5.97 Å². The van der Waals surface area contributed by atoms with Gasteiger partial charge in [0.25, 0.3) is 0 Å². The lowest BCUT2D eigenvalue weighted by Gasteiger charge is -2.71. The number of carbonyl (C=O) groups is 1. The lowest BCUT2D eigenvalue weighted by atomic mass is 9.33. The van der Waals surface area contributed by atoms with Crippen LogP contribution in [0.1, 0.15) is 92.9 Å². The molecule has 0 heterocycles.